The number of piperidine rings is 1. The van der Waals surface area contributed by atoms with E-state index in [2.05, 4.69) is 21.0 Å². The first kappa shape index (κ1) is 20.3. The van der Waals surface area contributed by atoms with Gasteiger partial charge in [0.25, 0.3) is 0 Å². The van der Waals surface area contributed by atoms with Crippen LogP contribution in [0.15, 0.2) is 16.9 Å². The van der Waals surface area contributed by atoms with Crippen LogP contribution in [0, 0.1) is 13.8 Å². The van der Waals surface area contributed by atoms with Crippen molar-refractivity contribution in [3.63, 3.8) is 0 Å². The molecule has 0 unspecified atom stereocenters. The maximum Gasteiger partial charge on any atom is 0.348 e. The van der Waals surface area contributed by atoms with E-state index in [-0.39, 0.29) is 24.1 Å². The standard InChI is InChI=1S/C20H30N6O2/c1-14-9-15(2)26(20(28)21-14)13-19(27)25-8-6-7-16(11-25)18-10-17(12-23(3)4)24(5)22-18/h9-10,16H,6-8,11-13H2,1-5H3/t16-/m1/s1. The molecule has 0 radical (unpaired) electrons. The molecule has 152 valence electrons. The van der Waals surface area contributed by atoms with Gasteiger partial charge in [0.05, 0.1) is 11.4 Å². The fourth-order valence-electron chi connectivity index (χ4n) is 3.85. The second kappa shape index (κ2) is 8.26. The van der Waals surface area contributed by atoms with Crippen molar-refractivity contribution in [1.29, 1.82) is 0 Å². The van der Waals surface area contributed by atoms with Gasteiger partial charge < -0.3 is 9.80 Å². The van der Waals surface area contributed by atoms with Gasteiger partial charge in [-0.2, -0.15) is 10.1 Å². The maximum absolute atomic E-state index is 12.9. The normalized spacial score (nSPS) is 17.4. The smallest absolute Gasteiger partial charge is 0.340 e. The van der Waals surface area contributed by atoms with Gasteiger partial charge in [0.1, 0.15) is 6.54 Å². The molecule has 28 heavy (non-hydrogen) atoms. The molecule has 1 fully saturated rings. The van der Waals surface area contributed by atoms with E-state index in [0.29, 0.717) is 12.2 Å². The van der Waals surface area contributed by atoms with Gasteiger partial charge in [-0.3, -0.25) is 14.0 Å². The molecule has 0 N–H and O–H groups in total. The first-order chi connectivity index (χ1) is 13.2. The average molecular weight is 387 g/mol. The van der Waals surface area contributed by atoms with Gasteiger partial charge in [-0.15, -0.1) is 0 Å². The molecular weight excluding hydrogens is 356 g/mol. The third-order valence-electron chi connectivity index (χ3n) is 5.31. The molecule has 3 heterocycles. The van der Waals surface area contributed by atoms with Crippen molar-refractivity contribution in [2.75, 3.05) is 27.2 Å². The topological polar surface area (TPSA) is 76.3 Å². The van der Waals surface area contributed by atoms with Gasteiger partial charge in [0.15, 0.2) is 0 Å². The Hall–Kier alpha value is -2.48. The van der Waals surface area contributed by atoms with Crippen LogP contribution in [0.3, 0.4) is 0 Å². The molecule has 1 aliphatic rings. The van der Waals surface area contributed by atoms with Gasteiger partial charge in [0.2, 0.25) is 5.91 Å². The van der Waals surface area contributed by atoms with Crippen LogP contribution in [-0.2, 0) is 24.9 Å². The molecule has 2 aromatic heterocycles. The average Bonchev–Trinajstić information content (AvgIpc) is 2.98. The summed E-state index contributed by atoms with van der Waals surface area (Å²) in [5.74, 6) is 0.193. The zero-order valence-electron chi connectivity index (χ0n) is 17.5. The van der Waals surface area contributed by atoms with E-state index in [4.69, 9.17) is 0 Å². The van der Waals surface area contributed by atoms with Gasteiger partial charge in [-0.25, -0.2) is 4.79 Å². The Kier molecular flexibility index (Phi) is 5.98. The molecular formula is C20H30N6O2. The largest absolute Gasteiger partial charge is 0.348 e. The number of amides is 1. The summed E-state index contributed by atoms with van der Waals surface area (Å²) in [4.78, 5) is 32.9. The number of aryl methyl sites for hydroxylation is 3. The minimum absolute atomic E-state index is 0.0370. The van der Waals surface area contributed by atoms with Crippen molar-refractivity contribution in [2.45, 2.75) is 45.7 Å². The Morgan fingerprint density at radius 2 is 2.04 bits per heavy atom. The molecule has 1 atom stereocenters. The number of aromatic nitrogens is 4. The molecule has 1 amide bonds. The second-order valence-corrected chi connectivity index (χ2v) is 8.01. The predicted molar refractivity (Wildman–Crippen MR) is 107 cm³/mol. The highest BCUT2D eigenvalue weighted by Crippen LogP contribution is 2.27. The van der Waals surface area contributed by atoms with E-state index in [1.54, 1.807) is 6.92 Å². The van der Waals surface area contributed by atoms with Gasteiger partial charge in [-0.1, -0.05) is 0 Å². The number of hydrogen-bond acceptors (Lipinski definition) is 5. The monoisotopic (exact) mass is 386 g/mol. The number of carbonyl (C=O) groups is 1. The Bertz CT molecular complexity index is 914. The summed E-state index contributed by atoms with van der Waals surface area (Å²) < 4.78 is 3.38. The first-order valence-corrected chi connectivity index (χ1v) is 9.75. The van der Waals surface area contributed by atoms with Crippen molar-refractivity contribution in [2.24, 2.45) is 7.05 Å². The van der Waals surface area contributed by atoms with Crippen LogP contribution in [0.4, 0.5) is 0 Å². The maximum atomic E-state index is 12.9. The third kappa shape index (κ3) is 4.49. The SMILES string of the molecule is Cc1cc(C)n(CC(=O)N2CCC[C@@H](c3cc(CN(C)C)n(C)n3)C2)c(=O)n1. The molecule has 8 heteroatoms. The van der Waals surface area contributed by atoms with Crippen molar-refractivity contribution in [3.8, 4) is 0 Å². The van der Waals surface area contributed by atoms with Crippen molar-refractivity contribution < 1.29 is 4.79 Å². The Morgan fingerprint density at radius 1 is 1.29 bits per heavy atom. The van der Waals surface area contributed by atoms with Crippen LogP contribution < -0.4 is 5.69 Å². The van der Waals surface area contributed by atoms with Crippen LogP contribution in [-0.4, -0.2) is 62.2 Å². The molecule has 0 bridgehead atoms. The lowest BCUT2D eigenvalue weighted by Crippen LogP contribution is -2.42. The van der Waals surface area contributed by atoms with E-state index in [9.17, 15) is 9.59 Å². The number of likely N-dealkylation sites (tertiary alicyclic amines) is 1. The fraction of sp³-hybridized carbons (Fsp3) is 0.600. The predicted octanol–water partition coefficient (Wildman–Crippen LogP) is 1.06. The lowest BCUT2D eigenvalue weighted by molar-refractivity contribution is -0.133. The number of nitrogens with zero attached hydrogens (tertiary/aromatic N) is 6. The third-order valence-corrected chi connectivity index (χ3v) is 5.31. The highest BCUT2D eigenvalue weighted by Gasteiger charge is 2.27. The van der Waals surface area contributed by atoms with E-state index in [0.717, 1.165) is 43.0 Å². The Balaban J connectivity index is 1.71. The minimum atomic E-state index is -0.363. The summed E-state index contributed by atoms with van der Waals surface area (Å²) >= 11 is 0. The Morgan fingerprint density at radius 3 is 2.71 bits per heavy atom. The Labute approximate surface area is 165 Å². The summed E-state index contributed by atoms with van der Waals surface area (Å²) in [7, 11) is 6.04. The number of carbonyl (C=O) groups excluding carboxylic acids is 1. The number of rotatable bonds is 5. The van der Waals surface area contributed by atoms with Crippen LogP contribution >= 0.6 is 0 Å². The quantitative estimate of drug-likeness (QED) is 0.768. The van der Waals surface area contributed by atoms with E-state index in [1.165, 1.54) is 4.57 Å². The van der Waals surface area contributed by atoms with Crippen LogP contribution in [0.2, 0.25) is 0 Å². The molecule has 1 aliphatic heterocycles. The highest BCUT2D eigenvalue weighted by atomic mass is 16.2. The second-order valence-electron chi connectivity index (χ2n) is 8.01. The van der Waals surface area contributed by atoms with E-state index < -0.39 is 0 Å². The molecule has 3 rings (SSSR count). The molecule has 0 spiro atoms. The highest BCUT2D eigenvalue weighted by molar-refractivity contribution is 5.76. The zero-order valence-corrected chi connectivity index (χ0v) is 17.5. The van der Waals surface area contributed by atoms with Crippen molar-refractivity contribution in [1.82, 2.24) is 29.1 Å². The molecule has 0 aliphatic carbocycles. The van der Waals surface area contributed by atoms with E-state index in [1.807, 2.05) is 43.7 Å². The van der Waals surface area contributed by atoms with Crippen molar-refractivity contribution in [3.05, 3.63) is 45.4 Å². The summed E-state index contributed by atoms with van der Waals surface area (Å²) in [5, 5.41) is 4.69. The molecule has 0 aromatic carbocycles. The molecule has 8 nitrogen and oxygen atoms in total. The molecule has 2 aromatic rings. The summed E-state index contributed by atoms with van der Waals surface area (Å²) in [6, 6.07) is 3.98. The van der Waals surface area contributed by atoms with Gasteiger partial charge in [0, 0.05) is 44.0 Å². The molecule has 0 saturated carbocycles. The fourth-order valence-corrected chi connectivity index (χ4v) is 3.85. The number of hydrogen-bond donors (Lipinski definition) is 0. The summed E-state index contributed by atoms with van der Waals surface area (Å²) in [6.07, 6.45) is 1.96. The van der Waals surface area contributed by atoms with Gasteiger partial charge >= 0.3 is 5.69 Å². The van der Waals surface area contributed by atoms with Crippen molar-refractivity contribution >= 4 is 5.91 Å². The zero-order chi connectivity index (χ0) is 20.4. The van der Waals surface area contributed by atoms with Crippen LogP contribution in [0.25, 0.3) is 0 Å². The van der Waals surface area contributed by atoms with Crippen LogP contribution in [0.5, 0.6) is 0 Å². The minimum Gasteiger partial charge on any atom is -0.340 e. The lowest BCUT2D eigenvalue weighted by atomic mass is 9.94. The van der Waals surface area contributed by atoms with E-state index >= 15 is 0 Å². The van der Waals surface area contributed by atoms with Crippen LogP contribution in [0.1, 0.15) is 41.5 Å². The summed E-state index contributed by atoms with van der Waals surface area (Å²) in [5.41, 5.74) is 3.28. The molecule has 1 saturated heterocycles. The van der Waals surface area contributed by atoms with Gasteiger partial charge in [-0.05, 0) is 52.9 Å². The lowest BCUT2D eigenvalue weighted by Gasteiger charge is -2.32. The summed E-state index contributed by atoms with van der Waals surface area (Å²) in [6.45, 7) is 5.86. The first-order valence-electron chi connectivity index (χ1n) is 9.75.